The van der Waals surface area contributed by atoms with Crippen LogP contribution in [0.25, 0.3) is 10.8 Å². The second-order valence-electron chi connectivity index (χ2n) is 7.71. The largest absolute Gasteiger partial charge is 0.482 e. The first kappa shape index (κ1) is 24.5. The van der Waals surface area contributed by atoms with Crippen molar-refractivity contribution in [1.82, 2.24) is 5.32 Å². The van der Waals surface area contributed by atoms with Crippen LogP contribution >= 0.6 is 12.4 Å². The smallest absolute Gasteiger partial charge is 0.341 e. The summed E-state index contributed by atoms with van der Waals surface area (Å²) in [6, 6.07) is 21.6. The maximum atomic E-state index is 12.4. The van der Waals surface area contributed by atoms with Crippen molar-refractivity contribution in [3.63, 3.8) is 0 Å². The Morgan fingerprint density at radius 1 is 1.12 bits per heavy atom. The van der Waals surface area contributed by atoms with Crippen LogP contribution in [0.1, 0.15) is 5.56 Å². The number of amides is 1. The first-order valence-electron chi connectivity index (χ1n) is 10.6. The molecular weight excluding hydrogens is 444 g/mol. The number of hydrogen-bond acceptors (Lipinski definition) is 5. The molecule has 0 saturated carbocycles. The predicted octanol–water partition coefficient (Wildman–Crippen LogP) is 3.29. The summed E-state index contributed by atoms with van der Waals surface area (Å²) >= 11 is 0. The van der Waals surface area contributed by atoms with Gasteiger partial charge in [-0.25, -0.2) is 4.79 Å². The van der Waals surface area contributed by atoms with E-state index >= 15 is 0 Å². The number of carbonyl (C=O) groups is 2. The van der Waals surface area contributed by atoms with Crippen molar-refractivity contribution in [1.29, 1.82) is 0 Å². The van der Waals surface area contributed by atoms with Gasteiger partial charge in [-0.05, 0) is 41.4 Å². The summed E-state index contributed by atoms with van der Waals surface area (Å²) in [7, 11) is 0. The fourth-order valence-corrected chi connectivity index (χ4v) is 3.88. The van der Waals surface area contributed by atoms with Crippen LogP contribution in [0.4, 0.5) is 5.69 Å². The van der Waals surface area contributed by atoms with Crippen molar-refractivity contribution in [3.8, 4) is 5.75 Å². The molecule has 1 aliphatic heterocycles. The summed E-state index contributed by atoms with van der Waals surface area (Å²) in [4.78, 5) is 24.8. The van der Waals surface area contributed by atoms with E-state index in [0.29, 0.717) is 24.5 Å². The number of anilines is 1. The zero-order valence-electron chi connectivity index (χ0n) is 18.1. The average Bonchev–Trinajstić information content (AvgIpc) is 2.81. The average molecular weight is 471 g/mol. The number of rotatable bonds is 9. The number of halogens is 1. The van der Waals surface area contributed by atoms with Gasteiger partial charge in [0.2, 0.25) is 0 Å². The van der Waals surface area contributed by atoms with Gasteiger partial charge in [-0.15, -0.1) is 12.4 Å². The molecule has 0 radical (unpaired) electrons. The number of carboxylic acids is 1. The minimum atomic E-state index is -1.05. The van der Waals surface area contributed by atoms with Crippen LogP contribution in [0.15, 0.2) is 66.7 Å². The van der Waals surface area contributed by atoms with E-state index in [0.717, 1.165) is 13.0 Å². The van der Waals surface area contributed by atoms with Crippen molar-refractivity contribution in [2.45, 2.75) is 12.5 Å². The van der Waals surface area contributed by atoms with Crippen LogP contribution < -0.4 is 15.0 Å². The Morgan fingerprint density at radius 2 is 1.91 bits per heavy atom. The molecule has 0 spiro atoms. The molecule has 1 atom stereocenters. The molecule has 0 aromatic heterocycles. The van der Waals surface area contributed by atoms with Gasteiger partial charge in [-0.1, -0.05) is 48.5 Å². The van der Waals surface area contributed by atoms with Gasteiger partial charge >= 0.3 is 5.97 Å². The molecule has 174 valence electrons. The third kappa shape index (κ3) is 6.44. The van der Waals surface area contributed by atoms with Crippen LogP contribution in [0.2, 0.25) is 0 Å². The van der Waals surface area contributed by atoms with Crippen molar-refractivity contribution >= 4 is 40.7 Å². The number of nitrogens with one attached hydrogen (secondary N) is 1. The minimum Gasteiger partial charge on any atom is -0.482 e. The monoisotopic (exact) mass is 470 g/mol. The number of fused-ring (bicyclic) bond motifs is 1. The van der Waals surface area contributed by atoms with Gasteiger partial charge in [0.05, 0.1) is 12.6 Å². The molecule has 0 aliphatic carbocycles. The third-order valence-electron chi connectivity index (χ3n) is 5.44. The van der Waals surface area contributed by atoms with E-state index in [4.69, 9.17) is 14.6 Å². The standard InChI is InChI=1S/C25H26N2O5.ClH/c28-24-16-31-22(15-27(24)20-8-4-9-21(13-20)32-17-25(29)30)14-26-12-11-19-7-3-6-18-5-1-2-10-23(18)19;/h1-10,13,22,26H,11-12,14-17H2,(H,29,30);1H. The molecule has 3 aromatic carbocycles. The van der Waals surface area contributed by atoms with Gasteiger partial charge in [0.1, 0.15) is 12.4 Å². The molecule has 7 nitrogen and oxygen atoms in total. The molecule has 2 N–H and O–H groups in total. The van der Waals surface area contributed by atoms with E-state index in [2.05, 4.69) is 41.7 Å². The van der Waals surface area contributed by atoms with E-state index in [9.17, 15) is 9.59 Å². The highest BCUT2D eigenvalue weighted by atomic mass is 35.5. The quantitative estimate of drug-likeness (QED) is 0.466. The second kappa shape index (κ2) is 11.7. The van der Waals surface area contributed by atoms with E-state index in [-0.39, 0.29) is 31.0 Å². The number of hydrogen-bond donors (Lipinski definition) is 2. The minimum absolute atomic E-state index is 0. The van der Waals surface area contributed by atoms with Crippen LogP contribution in [0, 0.1) is 0 Å². The molecule has 0 bridgehead atoms. The molecule has 1 heterocycles. The number of benzene rings is 3. The van der Waals surface area contributed by atoms with Gasteiger partial charge in [0.15, 0.2) is 6.61 Å². The lowest BCUT2D eigenvalue weighted by Gasteiger charge is -2.33. The van der Waals surface area contributed by atoms with E-state index in [1.165, 1.54) is 16.3 Å². The summed E-state index contributed by atoms with van der Waals surface area (Å²) in [6.45, 7) is 1.44. The summed E-state index contributed by atoms with van der Waals surface area (Å²) in [5.74, 6) is -0.770. The Labute approximate surface area is 198 Å². The highest BCUT2D eigenvalue weighted by molar-refractivity contribution is 5.95. The summed E-state index contributed by atoms with van der Waals surface area (Å²) in [5, 5.41) is 14.7. The second-order valence-corrected chi connectivity index (χ2v) is 7.71. The molecule has 1 fully saturated rings. The Bertz CT molecular complexity index is 1100. The third-order valence-corrected chi connectivity index (χ3v) is 5.44. The first-order valence-corrected chi connectivity index (χ1v) is 10.6. The number of carboxylic acid groups (broad SMARTS) is 1. The Balaban J connectivity index is 0.00000306. The van der Waals surface area contributed by atoms with Gasteiger partial charge in [-0.2, -0.15) is 0 Å². The van der Waals surface area contributed by atoms with Crippen molar-refractivity contribution in [2.24, 2.45) is 0 Å². The van der Waals surface area contributed by atoms with E-state index in [1.807, 2.05) is 12.1 Å². The van der Waals surface area contributed by atoms with Gasteiger partial charge in [0, 0.05) is 18.3 Å². The highest BCUT2D eigenvalue weighted by Crippen LogP contribution is 2.24. The van der Waals surface area contributed by atoms with Crippen molar-refractivity contribution < 1.29 is 24.2 Å². The van der Waals surface area contributed by atoms with Gasteiger partial charge < -0.3 is 24.8 Å². The predicted molar refractivity (Wildman–Crippen MR) is 129 cm³/mol. The SMILES string of the molecule is Cl.O=C(O)COc1cccc(N2CC(CNCCc3cccc4ccccc34)OCC2=O)c1. The lowest BCUT2D eigenvalue weighted by molar-refractivity contribution is -0.139. The zero-order chi connectivity index (χ0) is 22.3. The molecule has 33 heavy (non-hydrogen) atoms. The molecule has 1 unspecified atom stereocenters. The highest BCUT2D eigenvalue weighted by Gasteiger charge is 2.27. The fourth-order valence-electron chi connectivity index (χ4n) is 3.88. The fraction of sp³-hybridized carbons (Fsp3) is 0.280. The zero-order valence-corrected chi connectivity index (χ0v) is 18.9. The summed E-state index contributed by atoms with van der Waals surface area (Å²) < 4.78 is 10.9. The Kier molecular flexibility index (Phi) is 8.65. The number of carbonyl (C=O) groups excluding carboxylic acids is 1. The van der Waals surface area contributed by atoms with E-state index in [1.54, 1.807) is 23.1 Å². The summed E-state index contributed by atoms with van der Waals surface area (Å²) in [5.41, 5.74) is 1.97. The lowest BCUT2D eigenvalue weighted by Crippen LogP contribution is -2.50. The van der Waals surface area contributed by atoms with Crippen LogP contribution in [0.3, 0.4) is 0 Å². The first-order chi connectivity index (χ1) is 15.6. The topological polar surface area (TPSA) is 88.1 Å². The number of morpholine rings is 1. The molecule has 1 aliphatic rings. The molecule has 4 rings (SSSR count). The number of aliphatic carboxylic acids is 1. The Hall–Kier alpha value is -3.13. The summed E-state index contributed by atoms with van der Waals surface area (Å²) in [6.07, 6.45) is 0.767. The lowest BCUT2D eigenvalue weighted by atomic mass is 10.0. The number of ether oxygens (including phenoxy) is 2. The van der Waals surface area contributed by atoms with Crippen molar-refractivity contribution in [3.05, 3.63) is 72.3 Å². The van der Waals surface area contributed by atoms with Crippen LogP contribution in [-0.4, -0.2) is 55.9 Å². The van der Waals surface area contributed by atoms with Crippen LogP contribution in [0.5, 0.6) is 5.75 Å². The maximum absolute atomic E-state index is 12.4. The van der Waals surface area contributed by atoms with Gasteiger partial charge in [-0.3, -0.25) is 4.79 Å². The van der Waals surface area contributed by atoms with Crippen molar-refractivity contribution in [2.75, 3.05) is 37.7 Å². The molecular formula is C25H27ClN2O5. The number of nitrogens with zero attached hydrogens (tertiary/aromatic N) is 1. The van der Waals surface area contributed by atoms with E-state index < -0.39 is 12.6 Å². The Morgan fingerprint density at radius 3 is 2.76 bits per heavy atom. The van der Waals surface area contributed by atoms with Gasteiger partial charge in [0.25, 0.3) is 5.91 Å². The molecule has 1 saturated heterocycles. The molecule has 3 aromatic rings. The van der Waals surface area contributed by atoms with Crippen LogP contribution in [-0.2, 0) is 20.7 Å². The normalized spacial score (nSPS) is 15.8. The molecule has 8 heteroatoms. The molecule has 1 amide bonds. The maximum Gasteiger partial charge on any atom is 0.341 e.